The van der Waals surface area contributed by atoms with Crippen molar-refractivity contribution < 1.29 is 17.7 Å². The minimum atomic E-state index is -3.98. The molecule has 0 aliphatic rings. The number of hydrogen-bond acceptors (Lipinski definition) is 6. The highest BCUT2D eigenvalue weighted by molar-refractivity contribution is 7.89. The molecule has 1 heterocycles. The fraction of sp³-hybridized carbons (Fsp3) is 0.263. The lowest BCUT2D eigenvalue weighted by molar-refractivity contribution is 0.311. The van der Waals surface area contributed by atoms with E-state index >= 15 is 0 Å². The summed E-state index contributed by atoms with van der Waals surface area (Å²) < 4.78 is 38.8. The molecular weight excluding hydrogens is 437 g/mol. The minimum absolute atomic E-state index is 0.0638. The first-order chi connectivity index (χ1) is 13.7. The first kappa shape index (κ1) is 21.6. The molecule has 0 radical (unpaired) electrons. The predicted octanol–water partition coefficient (Wildman–Crippen LogP) is 4.73. The molecule has 0 saturated heterocycles. The van der Waals surface area contributed by atoms with Gasteiger partial charge in [0.25, 0.3) is 0 Å². The van der Waals surface area contributed by atoms with Gasteiger partial charge in [0.15, 0.2) is 0 Å². The third-order valence-corrected chi connectivity index (χ3v) is 6.35. The van der Waals surface area contributed by atoms with Gasteiger partial charge in [-0.15, -0.1) is 0 Å². The average Bonchev–Trinajstić information content (AvgIpc) is 3.17. The van der Waals surface area contributed by atoms with Crippen LogP contribution in [0.4, 0.5) is 0 Å². The highest BCUT2D eigenvalue weighted by Gasteiger charge is 2.30. The van der Waals surface area contributed by atoms with Gasteiger partial charge in [0.1, 0.15) is 16.7 Å². The molecule has 1 N–H and O–H groups in total. The lowest BCUT2D eigenvalue weighted by atomic mass is 10.1. The van der Waals surface area contributed by atoms with Crippen LogP contribution in [-0.2, 0) is 10.0 Å². The summed E-state index contributed by atoms with van der Waals surface area (Å²) in [6, 6.07) is 10.6. The highest BCUT2D eigenvalue weighted by Crippen LogP contribution is 2.29. The Kier molecular flexibility index (Phi) is 6.48. The van der Waals surface area contributed by atoms with E-state index in [0.29, 0.717) is 17.1 Å². The number of nitrogens with zero attached hydrogens (tertiary/aromatic N) is 2. The van der Waals surface area contributed by atoms with Crippen LogP contribution in [0.2, 0.25) is 10.0 Å². The van der Waals surface area contributed by atoms with Gasteiger partial charge >= 0.3 is 0 Å². The minimum Gasteiger partial charge on any atom is -0.497 e. The molecule has 3 aromatic rings. The van der Waals surface area contributed by atoms with Crippen molar-refractivity contribution in [1.82, 2.24) is 14.9 Å². The number of ether oxygens (including phenoxy) is 1. The van der Waals surface area contributed by atoms with Crippen LogP contribution < -0.4 is 9.46 Å². The molecule has 0 amide bonds. The van der Waals surface area contributed by atoms with Gasteiger partial charge in [0, 0.05) is 10.6 Å². The van der Waals surface area contributed by atoms with E-state index < -0.39 is 16.1 Å². The summed E-state index contributed by atoms with van der Waals surface area (Å²) in [4.78, 5) is 4.25. The van der Waals surface area contributed by atoms with Gasteiger partial charge in [0.05, 0.1) is 12.1 Å². The van der Waals surface area contributed by atoms with Crippen molar-refractivity contribution in [3.05, 3.63) is 58.4 Å². The fourth-order valence-corrected chi connectivity index (χ4v) is 4.70. The van der Waals surface area contributed by atoms with Crippen molar-refractivity contribution in [3.63, 3.8) is 0 Å². The molecule has 1 atom stereocenters. The molecule has 0 aliphatic heterocycles. The Labute approximate surface area is 179 Å². The summed E-state index contributed by atoms with van der Waals surface area (Å²) in [6.07, 6.45) is 0. The molecule has 10 heteroatoms. The Hall–Kier alpha value is -2.13. The monoisotopic (exact) mass is 455 g/mol. The fourth-order valence-electron chi connectivity index (χ4n) is 2.60. The van der Waals surface area contributed by atoms with Gasteiger partial charge in [-0.25, -0.2) is 8.42 Å². The van der Waals surface area contributed by atoms with E-state index in [2.05, 4.69) is 14.9 Å². The number of methoxy groups -OCH3 is 1. The predicted molar refractivity (Wildman–Crippen MR) is 111 cm³/mol. The van der Waals surface area contributed by atoms with E-state index in [9.17, 15) is 8.42 Å². The van der Waals surface area contributed by atoms with E-state index in [4.69, 9.17) is 32.5 Å². The summed E-state index contributed by atoms with van der Waals surface area (Å²) in [7, 11) is -2.40. The van der Waals surface area contributed by atoms with Gasteiger partial charge in [-0.2, -0.15) is 9.71 Å². The maximum absolute atomic E-state index is 12.9. The number of aromatic nitrogens is 2. The summed E-state index contributed by atoms with van der Waals surface area (Å²) >= 11 is 12.0. The first-order valence-electron chi connectivity index (χ1n) is 8.66. The topological polar surface area (TPSA) is 94.3 Å². The summed E-state index contributed by atoms with van der Waals surface area (Å²) in [5, 5.41) is 4.29. The molecule has 154 valence electrons. The number of hydrogen-bond donors (Lipinski definition) is 1. The van der Waals surface area contributed by atoms with Crippen molar-refractivity contribution in [3.8, 4) is 17.1 Å². The quantitative estimate of drug-likeness (QED) is 0.553. The molecule has 0 fully saturated rings. The van der Waals surface area contributed by atoms with Crippen molar-refractivity contribution in [2.75, 3.05) is 7.11 Å². The normalized spacial score (nSPS) is 12.9. The lowest BCUT2D eigenvalue weighted by Gasteiger charge is -2.19. The summed E-state index contributed by atoms with van der Waals surface area (Å²) in [5.74, 6) is 1.01. The number of halogens is 2. The molecule has 0 saturated carbocycles. The Balaban J connectivity index is 1.90. The third kappa shape index (κ3) is 4.90. The highest BCUT2D eigenvalue weighted by atomic mass is 35.5. The number of sulfonamides is 1. The number of nitrogens with one attached hydrogen (secondary N) is 1. The standard InChI is InChI=1S/C19H19Cl2N3O4S/c1-11(2)17(24-29(25,26)16-10-13(20)6-9-15(16)21)19-22-18(23-28-19)12-4-7-14(27-3)8-5-12/h4-11,17,24H,1-3H3. The van der Waals surface area contributed by atoms with Crippen LogP contribution in [-0.4, -0.2) is 25.7 Å². The second kappa shape index (κ2) is 8.71. The third-order valence-electron chi connectivity index (χ3n) is 4.19. The maximum atomic E-state index is 12.9. The molecule has 0 spiro atoms. The Morgan fingerprint density at radius 1 is 1.10 bits per heavy atom. The van der Waals surface area contributed by atoms with Gasteiger partial charge in [-0.1, -0.05) is 42.2 Å². The first-order valence-corrected chi connectivity index (χ1v) is 10.9. The second-order valence-electron chi connectivity index (χ2n) is 6.60. The van der Waals surface area contributed by atoms with Crippen molar-refractivity contribution >= 4 is 33.2 Å². The molecule has 1 unspecified atom stereocenters. The van der Waals surface area contributed by atoms with Crippen LogP contribution >= 0.6 is 23.2 Å². The average molecular weight is 456 g/mol. The van der Waals surface area contributed by atoms with Gasteiger partial charge in [-0.05, 0) is 48.4 Å². The van der Waals surface area contributed by atoms with E-state index in [1.807, 2.05) is 13.8 Å². The lowest BCUT2D eigenvalue weighted by Crippen LogP contribution is -2.32. The van der Waals surface area contributed by atoms with E-state index in [-0.39, 0.29) is 26.7 Å². The molecule has 2 aromatic carbocycles. The van der Waals surface area contributed by atoms with E-state index in [1.54, 1.807) is 31.4 Å². The molecule has 0 aliphatic carbocycles. The summed E-state index contributed by atoms with van der Waals surface area (Å²) in [6.45, 7) is 3.67. The van der Waals surface area contributed by atoms with E-state index in [1.165, 1.54) is 18.2 Å². The molecule has 29 heavy (non-hydrogen) atoms. The van der Waals surface area contributed by atoms with E-state index in [0.717, 1.165) is 0 Å². The zero-order chi connectivity index (χ0) is 21.2. The Bertz CT molecular complexity index is 1100. The molecule has 3 rings (SSSR count). The second-order valence-corrected chi connectivity index (χ2v) is 9.13. The SMILES string of the molecule is COc1ccc(-c2noc(C(NS(=O)(=O)c3cc(Cl)ccc3Cl)C(C)C)n2)cc1. The van der Waals surface area contributed by atoms with Crippen LogP contribution in [0.3, 0.4) is 0 Å². The van der Waals surface area contributed by atoms with Crippen molar-refractivity contribution in [1.29, 1.82) is 0 Å². The summed E-state index contributed by atoms with van der Waals surface area (Å²) in [5.41, 5.74) is 0.712. The molecule has 7 nitrogen and oxygen atoms in total. The van der Waals surface area contributed by atoms with Crippen LogP contribution in [0, 0.1) is 5.92 Å². The zero-order valence-corrected chi connectivity index (χ0v) is 18.2. The van der Waals surface area contributed by atoms with Crippen LogP contribution in [0.25, 0.3) is 11.4 Å². The van der Waals surface area contributed by atoms with Gasteiger partial charge < -0.3 is 9.26 Å². The van der Waals surface area contributed by atoms with Crippen molar-refractivity contribution in [2.45, 2.75) is 24.8 Å². The van der Waals surface area contributed by atoms with Crippen LogP contribution in [0.1, 0.15) is 25.8 Å². The Morgan fingerprint density at radius 2 is 1.79 bits per heavy atom. The number of rotatable bonds is 7. The zero-order valence-electron chi connectivity index (χ0n) is 15.9. The van der Waals surface area contributed by atoms with Gasteiger partial charge in [0.2, 0.25) is 21.7 Å². The largest absolute Gasteiger partial charge is 0.497 e. The Morgan fingerprint density at radius 3 is 2.41 bits per heavy atom. The molecular formula is C19H19Cl2N3O4S. The smallest absolute Gasteiger partial charge is 0.245 e. The van der Waals surface area contributed by atoms with Gasteiger partial charge in [-0.3, -0.25) is 0 Å². The van der Waals surface area contributed by atoms with Crippen molar-refractivity contribution in [2.24, 2.45) is 5.92 Å². The van der Waals surface area contributed by atoms with Crippen LogP contribution in [0.5, 0.6) is 5.75 Å². The van der Waals surface area contributed by atoms with Crippen LogP contribution in [0.15, 0.2) is 51.9 Å². The molecule has 1 aromatic heterocycles. The maximum Gasteiger partial charge on any atom is 0.245 e. The number of benzene rings is 2. The molecule has 0 bridgehead atoms.